The number of rotatable bonds is 2. The quantitative estimate of drug-likeness (QED) is 0.758. The van der Waals surface area contributed by atoms with Crippen LogP contribution in [-0.4, -0.2) is 30.9 Å². The fourth-order valence-electron chi connectivity index (χ4n) is 5.15. The molecule has 1 fully saturated rings. The van der Waals surface area contributed by atoms with Crippen molar-refractivity contribution in [1.29, 1.82) is 0 Å². The first-order valence-corrected chi connectivity index (χ1v) is 10.2. The van der Waals surface area contributed by atoms with Crippen molar-refractivity contribution in [1.82, 2.24) is 20.1 Å². The Bertz CT molecular complexity index is 874. The molecule has 1 saturated heterocycles. The zero-order valence-electron chi connectivity index (χ0n) is 16.2. The Morgan fingerprint density at radius 1 is 1.07 bits per heavy atom. The Balaban J connectivity index is 1.65. The lowest BCUT2D eigenvalue weighted by molar-refractivity contribution is 0.156. The minimum Gasteiger partial charge on any atom is -0.508 e. The van der Waals surface area contributed by atoms with Crippen LogP contribution >= 0.6 is 23.2 Å². The molecule has 0 aliphatic carbocycles. The summed E-state index contributed by atoms with van der Waals surface area (Å²) in [6.45, 7) is 9.70. The number of hydrogen-bond donors (Lipinski definition) is 2. The van der Waals surface area contributed by atoms with E-state index < -0.39 is 0 Å². The van der Waals surface area contributed by atoms with Crippen molar-refractivity contribution in [2.24, 2.45) is 0 Å². The number of aromatic hydroxyl groups is 1. The Hall–Kier alpha value is -1.30. The van der Waals surface area contributed by atoms with E-state index in [1.165, 1.54) is 0 Å². The van der Waals surface area contributed by atoms with E-state index in [0.29, 0.717) is 27.9 Å². The number of fused-ring (bicyclic) bond motifs is 1. The summed E-state index contributed by atoms with van der Waals surface area (Å²) in [5.41, 5.74) is 0.808. The van der Waals surface area contributed by atoms with Crippen molar-refractivity contribution in [3.63, 3.8) is 0 Å². The van der Waals surface area contributed by atoms with Crippen LogP contribution in [0, 0.1) is 0 Å². The smallest absolute Gasteiger partial charge is 0.136 e. The Labute approximate surface area is 170 Å². The van der Waals surface area contributed by atoms with Crippen LogP contribution in [0.5, 0.6) is 5.75 Å². The Morgan fingerprint density at radius 2 is 1.74 bits per heavy atom. The highest BCUT2D eigenvalue weighted by Crippen LogP contribution is 2.44. The van der Waals surface area contributed by atoms with Crippen LogP contribution < -0.4 is 5.32 Å². The minimum absolute atomic E-state index is 0.0470. The molecule has 2 aliphatic heterocycles. The number of nitrogens with one attached hydrogen (secondary N) is 1. The van der Waals surface area contributed by atoms with Gasteiger partial charge in [0.25, 0.3) is 0 Å². The van der Waals surface area contributed by atoms with E-state index in [0.717, 1.165) is 31.0 Å². The summed E-state index contributed by atoms with van der Waals surface area (Å²) in [7, 11) is 0. The van der Waals surface area contributed by atoms with Gasteiger partial charge < -0.3 is 15.0 Å². The summed E-state index contributed by atoms with van der Waals surface area (Å²) in [5, 5.41) is 24.0. The molecule has 3 heterocycles. The van der Waals surface area contributed by atoms with E-state index in [2.05, 4.69) is 47.8 Å². The maximum atomic E-state index is 10.4. The van der Waals surface area contributed by atoms with Gasteiger partial charge in [-0.15, -0.1) is 10.2 Å². The molecule has 1 aromatic heterocycles. The molecule has 1 atom stereocenters. The number of piperidine rings is 1. The van der Waals surface area contributed by atoms with E-state index in [1.54, 1.807) is 12.1 Å². The SMILES string of the molecule is CC1(C)CC(c2nnc3n2CC(c2c(O)ccc(Cl)c2Cl)C3)CC(C)(C)N1. The molecular formula is C20H26Cl2N4O. The fourth-order valence-corrected chi connectivity index (χ4v) is 5.63. The van der Waals surface area contributed by atoms with Gasteiger partial charge in [0.05, 0.1) is 10.0 Å². The van der Waals surface area contributed by atoms with Gasteiger partial charge in [0, 0.05) is 41.4 Å². The van der Waals surface area contributed by atoms with Crippen LogP contribution in [0.2, 0.25) is 10.0 Å². The number of hydrogen-bond acceptors (Lipinski definition) is 4. The fraction of sp³-hybridized carbons (Fsp3) is 0.600. The van der Waals surface area contributed by atoms with Crippen molar-refractivity contribution in [3.05, 3.63) is 39.4 Å². The van der Waals surface area contributed by atoms with Gasteiger partial charge >= 0.3 is 0 Å². The Morgan fingerprint density at radius 3 is 2.41 bits per heavy atom. The molecule has 2 N–H and O–H groups in total. The van der Waals surface area contributed by atoms with Crippen LogP contribution in [0.15, 0.2) is 12.1 Å². The molecule has 27 heavy (non-hydrogen) atoms. The summed E-state index contributed by atoms with van der Waals surface area (Å²) in [5.74, 6) is 2.61. The number of halogens is 2. The Kier molecular flexibility index (Phi) is 4.48. The van der Waals surface area contributed by atoms with Gasteiger partial charge in [-0.1, -0.05) is 23.2 Å². The summed E-state index contributed by atoms with van der Waals surface area (Å²) in [4.78, 5) is 0. The summed E-state index contributed by atoms with van der Waals surface area (Å²) in [6, 6.07) is 3.24. The second-order valence-electron chi connectivity index (χ2n) is 9.28. The van der Waals surface area contributed by atoms with Crippen molar-refractivity contribution in [3.8, 4) is 5.75 Å². The summed E-state index contributed by atoms with van der Waals surface area (Å²) < 4.78 is 2.23. The number of benzene rings is 1. The van der Waals surface area contributed by atoms with E-state index in [1.807, 2.05) is 0 Å². The van der Waals surface area contributed by atoms with E-state index in [-0.39, 0.29) is 22.7 Å². The standard InChI is InChI=1S/C20H26Cl2N4O/c1-19(2)8-12(9-20(3,4)25-19)18-24-23-15-7-11(10-26(15)18)16-14(27)6-5-13(21)17(16)22/h5-6,11-12,25,27H,7-10H2,1-4H3. The highest BCUT2D eigenvalue weighted by Gasteiger charge is 2.41. The monoisotopic (exact) mass is 408 g/mol. The molecule has 2 aliphatic rings. The van der Waals surface area contributed by atoms with Crippen molar-refractivity contribution in [2.75, 3.05) is 0 Å². The van der Waals surface area contributed by atoms with Crippen molar-refractivity contribution >= 4 is 23.2 Å². The molecule has 146 valence electrons. The highest BCUT2D eigenvalue weighted by atomic mass is 35.5. The molecule has 2 aromatic rings. The molecule has 7 heteroatoms. The third-order valence-corrected chi connectivity index (χ3v) is 6.58. The summed E-state index contributed by atoms with van der Waals surface area (Å²) >= 11 is 12.6. The number of nitrogens with zero attached hydrogens (tertiary/aromatic N) is 3. The maximum absolute atomic E-state index is 10.4. The van der Waals surface area contributed by atoms with Crippen LogP contribution in [-0.2, 0) is 13.0 Å². The minimum atomic E-state index is 0.0470. The maximum Gasteiger partial charge on any atom is 0.136 e. The normalized spacial score (nSPS) is 24.1. The molecule has 4 rings (SSSR count). The lowest BCUT2D eigenvalue weighted by atomic mass is 9.75. The van der Waals surface area contributed by atoms with Crippen LogP contribution in [0.3, 0.4) is 0 Å². The van der Waals surface area contributed by atoms with Crippen LogP contribution in [0.25, 0.3) is 0 Å². The zero-order valence-corrected chi connectivity index (χ0v) is 17.7. The van der Waals surface area contributed by atoms with Gasteiger partial charge in [-0.2, -0.15) is 0 Å². The molecular weight excluding hydrogens is 383 g/mol. The van der Waals surface area contributed by atoms with Gasteiger partial charge in [0.15, 0.2) is 0 Å². The molecule has 0 spiro atoms. The largest absolute Gasteiger partial charge is 0.508 e. The highest BCUT2D eigenvalue weighted by molar-refractivity contribution is 6.42. The van der Waals surface area contributed by atoms with Crippen LogP contribution in [0.4, 0.5) is 0 Å². The molecule has 0 amide bonds. The molecule has 1 aromatic carbocycles. The third-order valence-electron chi connectivity index (χ3n) is 5.76. The van der Waals surface area contributed by atoms with Gasteiger partial charge in [0.2, 0.25) is 0 Å². The van der Waals surface area contributed by atoms with Crippen molar-refractivity contribution < 1.29 is 5.11 Å². The second-order valence-corrected chi connectivity index (χ2v) is 10.1. The summed E-state index contributed by atoms with van der Waals surface area (Å²) in [6.07, 6.45) is 2.74. The first-order chi connectivity index (χ1) is 12.6. The lowest BCUT2D eigenvalue weighted by Crippen LogP contribution is -2.57. The van der Waals surface area contributed by atoms with E-state index in [9.17, 15) is 5.11 Å². The van der Waals surface area contributed by atoms with Gasteiger partial charge in [-0.3, -0.25) is 0 Å². The zero-order chi connectivity index (χ0) is 19.6. The first-order valence-electron chi connectivity index (χ1n) is 9.44. The van der Waals surface area contributed by atoms with Crippen molar-refractivity contribution in [2.45, 2.75) is 76.4 Å². The van der Waals surface area contributed by atoms with Crippen LogP contribution in [0.1, 0.15) is 69.6 Å². The van der Waals surface area contributed by atoms with Gasteiger partial charge in [0.1, 0.15) is 17.4 Å². The molecule has 5 nitrogen and oxygen atoms in total. The van der Waals surface area contributed by atoms with E-state index >= 15 is 0 Å². The topological polar surface area (TPSA) is 63.0 Å². The predicted octanol–water partition coefficient (Wildman–Crippen LogP) is 4.65. The lowest BCUT2D eigenvalue weighted by Gasteiger charge is -2.46. The predicted molar refractivity (Wildman–Crippen MR) is 108 cm³/mol. The van der Waals surface area contributed by atoms with Gasteiger partial charge in [-0.05, 0) is 52.7 Å². The first kappa shape index (κ1) is 19.0. The average molecular weight is 409 g/mol. The molecule has 0 radical (unpaired) electrons. The number of phenols is 1. The molecule has 1 unspecified atom stereocenters. The molecule has 0 saturated carbocycles. The number of aromatic nitrogens is 3. The second kappa shape index (κ2) is 6.36. The molecule has 0 bridgehead atoms. The third kappa shape index (κ3) is 3.45. The van der Waals surface area contributed by atoms with E-state index in [4.69, 9.17) is 23.2 Å². The van der Waals surface area contributed by atoms with Gasteiger partial charge in [-0.25, -0.2) is 0 Å². The average Bonchev–Trinajstić information content (AvgIpc) is 3.08. The number of phenolic OH excluding ortho intramolecular Hbond substituents is 1.